The van der Waals surface area contributed by atoms with E-state index in [2.05, 4.69) is 19.1 Å². The van der Waals surface area contributed by atoms with Gasteiger partial charge in [0.2, 0.25) is 0 Å². The van der Waals surface area contributed by atoms with Crippen molar-refractivity contribution in [3.05, 3.63) is 35.4 Å². The highest BCUT2D eigenvalue weighted by atomic mass is 16.5. The lowest BCUT2D eigenvalue weighted by atomic mass is 10.0. The second-order valence-electron chi connectivity index (χ2n) is 3.97. The molecule has 1 aromatic rings. The Morgan fingerprint density at radius 2 is 2.00 bits per heavy atom. The number of carbonyl (C=O) groups is 1. The molecule has 0 spiro atoms. The number of carbonyl (C=O) groups excluding carboxylic acids is 1. The lowest BCUT2D eigenvalue weighted by Crippen LogP contribution is -2.12. The van der Waals surface area contributed by atoms with Gasteiger partial charge in [-0.3, -0.25) is 4.79 Å². The molecule has 0 aromatic heterocycles. The van der Waals surface area contributed by atoms with Crippen molar-refractivity contribution in [2.24, 2.45) is 0 Å². The highest BCUT2D eigenvalue weighted by Crippen LogP contribution is 2.10. The fourth-order valence-corrected chi connectivity index (χ4v) is 1.45. The Bertz CT molecular complexity index is 329. The first kappa shape index (κ1) is 11.8. The summed E-state index contributed by atoms with van der Waals surface area (Å²) in [5, 5.41) is 0. The van der Waals surface area contributed by atoms with Crippen molar-refractivity contribution in [3.8, 4) is 0 Å². The summed E-state index contributed by atoms with van der Waals surface area (Å²) >= 11 is 0. The molecule has 0 amide bonds. The zero-order valence-electron chi connectivity index (χ0n) is 9.62. The fourth-order valence-electron chi connectivity index (χ4n) is 1.45. The Morgan fingerprint density at radius 1 is 1.33 bits per heavy atom. The summed E-state index contributed by atoms with van der Waals surface area (Å²) in [6, 6.07) is 8.11. The van der Waals surface area contributed by atoms with E-state index in [4.69, 9.17) is 4.74 Å². The van der Waals surface area contributed by atoms with Gasteiger partial charge in [0, 0.05) is 6.42 Å². The highest BCUT2D eigenvalue weighted by Gasteiger charge is 2.06. The van der Waals surface area contributed by atoms with E-state index < -0.39 is 0 Å². The van der Waals surface area contributed by atoms with Gasteiger partial charge < -0.3 is 4.74 Å². The average Bonchev–Trinajstić information content (AvgIpc) is 2.15. The summed E-state index contributed by atoms with van der Waals surface area (Å²) in [5.41, 5.74) is 2.45. The van der Waals surface area contributed by atoms with E-state index in [1.54, 1.807) is 0 Å². The molecule has 0 fully saturated rings. The molecule has 1 rings (SSSR count). The maximum Gasteiger partial charge on any atom is 0.306 e. The van der Waals surface area contributed by atoms with Crippen LogP contribution in [0.25, 0.3) is 0 Å². The van der Waals surface area contributed by atoms with Crippen LogP contribution < -0.4 is 0 Å². The Hall–Kier alpha value is -1.31. The first-order chi connectivity index (χ1) is 7.09. The number of hydrogen-bond acceptors (Lipinski definition) is 2. The molecule has 0 N–H and O–H groups in total. The van der Waals surface area contributed by atoms with Crippen LogP contribution >= 0.6 is 0 Å². The third kappa shape index (κ3) is 4.15. The number of hydrogen-bond donors (Lipinski definition) is 0. The van der Waals surface area contributed by atoms with Crippen LogP contribution in [0, 0.1) is 6.92 Å². The molecule has 0 aliphatic rings. The van der Waals surface area contributed by atoms with Crippen LogP contribution in [0.15, 0.2) is 24.3 Å². The molecule has 15 heavy (non-hydrogen) atoms. The van der Waals surface area contributed by atoms with Crippen LogP contribution in [0.4, 0.5) is 0 Å². The molecule has 1 aromatic carbocycles. The lowest BCUT2D eigenvalue weighted by Gasteiger charge is -2.08. The van der Waals surface area contributed by atoms with E-state index in [1.165, 1.54) is 11.1 Å². The van der Waals surface area contributed by atoms with Crippen molar-refractivity contribution in [3.63, 3.8) is 0 Å². The van der Waals surface area contributed by atoms with Gasteiger partial charge in [-0.2, -0.15) is 0 Å². The van der Waals surface area contributed by atoms with E-state index >= 15 is 0 Å². The van der Waals surface area contributed by atoms with E-state index in [0.29, 0.717) is 6.42 Å². The molecule has 0 heterocycles. The van der Waals surface area contributed by atoms with Gasteiger partial charge in [0.15, 0.2) is 0 Å². The maximum absolute atomic E-state index is 11.3. The van der Waals surface area contributed by atoms with Crippen molar-refractivity contribution in [2.75, 3.05) is 0 Å². The number of rotatable bonds is 4. The van der Waals surface area contributed by atoms with Gasteiger partial charge in [-0.25, -0.2) is 0 Å². The van der Waals surface area contributed by atoms with Crippen LogP contribution in [0.5, 0.6) is 0 Å². The number of benzene rings is 1. The van der Waals surface area contributed by atoms with E-state index in [0.717, 1.165) is 6.42 Å². The van der Waals surface area contributed by atoms with Crippen molar-refractivity contribution in [1.29, 1.82) is 0 Å². The SMILES string of the molecule is Cc1ccccc1CCC(=O)OC(C)C. The van der Waals surface area contributed by atoms with Gasteiger partial charge in [0.05, 0.1) is 6.10 Å². The molecule has 0 saturated carbocycles. The molecule has 0 unspecified atom stereocenters. The average molecular weight is 206 g/mol. The molecule has 82 valence electrons. The smallest absolute Gasteiger partial charge is 0.306 e. The molecule has 0 aliphatic carbocycles. The van der Waals surface area contributed by atoms with Crippen LogP contribution in [-0.4, -0.2) is 12.1 Å². The summed E-state index contributed by atoms with van der Waals surface area (Å²) in [5.74, 6) is -0.117. The Morgan fingerprint density at radius 3 is 2.60 bits per heavy atom. The molecule has 2 nitrogen and oxygen atoms in total. The summed E-state index contributed by atoms with van der Waals surface area (Å²) in [6.45, 7) is 5.79. The first-order valence-electron chi connectivity index (χ1n) is 5.33. The van der Waals surface area contributed by atoms with Crippen LogP contribution in [-0.2, 0) is 16.0 Å². The van der Waals surface area contributed by atoms with E-state index in [-0.39, 0.29) is 12.1 Å². The fraction of sp³-hybridized carbons (Fsp3) is 0.462. The van der Waals surface area contributed by atoms with Gasteiger partial charge in [0.25, 0.3) is 0 Å². The normalized spacial score (nSPS) is 10.4. The van der Waals surface area contributed by atoms with Gasteiger partial charge in [-0.1, -0.05) is 24.3 Å². The summed E-state index contributed by atoms with van der Waals surface area (Å²) in [7, 11) is 0. The molecule has 0 bridgehead atoms. The van der Waals surface area contributed by atoms with Gasteiger partial charge in [-0.15, -0.1) is 0 Å². The minimum Gasteiger partial charge on any atom is -0.463 e. The van der Waals surface area contributed by atoms with E-state index in [9.17, 15) is 4.79 Å². The topological polar surface area (TPSA) is 26.3 Å². The molecule has 0 radical (unpaired) electrons. The molecule has 0 aliphatic heterocycles. The predicted octanol–water partition coefficient (Wildman–Crippen LogP) is 2.88. The molecule has 0 atom stereocenters. The van der Waals surface area contributed by atoms with Gasteiger partial charge >= 0.3 is 5.97 Å². The standard InChI is InChI=1S/C13H18O2/c1-10(2)15-13(14)9-8-12-7-5-4-6-11(12)3/h4-7,10H,8-9H2,1-3H3. The van der Waals surface area contributed by atoms with Crippen LogP contribution in [0.1, 0.15) is 31.4 Å². The Balaban J connectivity index is 2.44. The van der Waals surface area contributed by atoms with Crippen LogP contribution in [0.2, 0.25) is 0 Å². The molecular weight excluding hydrogens is 188 g/mol. The second kappa shape index (κ2) is 5.54. The molecule has 0 saturated heterocycles. The monoisotopic (exact) mass is 206 g/mol. The highest BCUT2D eigenvalue weighted by molar-refractivity contribution is 5.69. The quantitative estimate of drug-likeness (QED) is 0.708. The number of esters is 1. The third-order valence-electron chi connectivity index (χ3n) is 2.23. The predicted molar refractivity (Wildman–Crippen MR) is 60.7 cm³/mol. The molecule has 2 heteroatoms. The second-order valence-corrected chi connectivity index (χ2v) is 3.97. The largest absolute Gasteiger partial charge is 0.463 e. The number of ether oxygens (including phenoxy) is 1. The van der Waals surface area contributed by atoms with Crippen molar-refractivity contribution in [2.45, 2.75) is 39.7 Å². The Labute approximate surface area is 91.3 Å². The minimum absolute atomic E-state index is 0.0191. The Kier molecular flexibility index (Phi) is 4.35. The summed E-state index contributed by atoms with van der Waals surface area (Å²) in [6.07, 6.45) is 1.20. The molecular formula is C13H18O2. The van der Waals surface area contributed by atoms with E-state index in [1.807, 2.05) is 26.0 Å². The maximum atomic E-state index is 11.3. The zero-order valence-corrected chi connectivity index (χ0v) is 9.62. The lowest BCUT2D eigenvalue weighted by molar-refractivity contribution is -0.147. The first-order valence-corrected chi connectivity index (χ1v) is 5.33. The van der Waals surface area contributed by atoms with Crippen molar-refractivity contribution >= 4 is 5.97 Å². The summed E-state index contributed by atoms with van der Waals surface area (Å²) < 4.78 is 5.07. The third-order valence-corrected chi connectivity index (χ3v) is 2.23. The summed E-state index contributed by atoms with van der Waals surface area (Å²) in [4.78, 5) is 11.3. The zero-order chi connectivity index (χ0) is 11.3. The minimum atomic E-state index is -0.117. The number of aryl methyl sites for hydroxylation is 2. The van der Waals surface area contributed by atoms with Crippen molar-refractivity contribution < 1.29 is 9.53 Å². The van der Waals surface area contributed by atoms with Crippen LogP contribution in [0.3, 0.4) is 0 Å². The van der Waals surface area contributed by atoms with Crippen molar-refractivity contribution in [1.82, 2.24) is 0 Å². The van der Waals surface area contributed by atoms with Gasteiger partial charge in [0.1, 0.15) is 0 Å². The van der Waals surface area contributed by atoms with Gasteiger partial charge in [-0.05, 0) is 38.3 Å².